The van der Waals surface area contributed by atoms with E-state index in [0.29, 0.717) is 17.0 Å². The fourth-order valence-electron chi connectivity index (χ4n) is 1.52. The number of hydrogen-bond donors (Lipinski definition) is 2. The lowest BCUT2D eigenvalue weighted by molar-refractivity contribution is 0.333. The van der Waals surface area contributed by atoms with Crippen LogP contribution in [0, 0.1) is 0 Å². The zero-order valence-electron chi connectivity index (χ0n) is 9.43. The highest BCUT2D eigenvalue weighted by atomic mass is 16.5. The molecule has 3 N–H and O–H groups in total. The Kier molecular flexibility index (Phi) is 2.78. The molecule has 2 rings (SSSR count). The molecule has 17 heavy (non-hydrogen) atoms. The summed E-state index contributed by atoms with van der Waals surface area (Å²) in [4.78, 5) is 0. The minimum absolute atomic E-state index is 0.0385. The van der Waals surface area contributed by atoms with Gasteiger partial charge in [0.15, 0.2) is 11.5 Å². The summed E-state index contributed by atoms with van der Waals surface area (Å²) in [7, 11) is 2.93. The van der Waals surface area contributed by atoms with Crippen LogP contribution in [0.4, 0.5) is 5.88 Å². The van der Waals surface area contributed by atoms with Crippen LogP contribution in [-0.4, -0.2) is 24.5 Å². The summed E-state index contributed by atoms with van der Waals surface area (Å²) in [6, 6.07) is 4.73. The first kappa shape index (κ1) is 11.1. The Bertz CT molecular complexity index is 536. The highest BCUT2D eigenvalue weighted by Crippen LogP contribution is 2.40. The maximum absolute atomic E-state index is 9.78. The van der Waals surface area contributed by atoms with Crippen LogP contribution in [-0.2, 0) is 0 Å². The van der Waals surface area contributed by atoms with Gasteiger partial charge < -0.3 is 24.8 Å². The molecule has 0 aliphatic rings. The van der Waals surface area contributed by atoms with Gasteiger partial charge in [-0.2, -0.15) is 0 Å². The highest BCUT2D eigenvalue weighted by Gasteiger charge is 2.14. The van der Waals surface area contributed by atoms with Crippen molar-refractivity contribution in [1.82, 2.24) is 5.16 Å². The van der Waals surface area contributed by atoms with E-state index in [4.69, 9.17) is 19.7 Å². The summed E-state index contributed by atoms with van der Waals surface area (Å²) in [6.45, 7) is 0. The molecule has 0 aliphatic carbocycles. The van der Waals surface area contributed by atoms with Gasteiger partial charge in [0.2, 0.25) is 11.6 Å². The number of nitrogens with two attached hydrogens (primary N) is 1. The van der Waals surface area contributed by atoms with E-state index in [1.165, 1.54) is 20.3 Å². The molecule has 6 nitrogen and oxygen atoms in total. The number of rotatable bonds is 3. The van der Waals surface area contributed by atoms with E-state index in [1.54, 1.807) is 12.1 Å². The van der Waals surface area contributed by atoms with Gasteiger partial charge in [0, 0.05) is 11.6 Å². The molecule has 0 atom stereocenters. The van der Waals surface area contributed by atoms with Crippen LogP contribution in [0.3, 0.4) is 0 Å². The molecule has 0 saturated carbocycles. The van der Waals surface area contributed by atoms with Crippen molar-refractivity contribution in [2.24, 2.45) is 0 Å². The second-order valence-electron chi connectivity index (χ2n) is 3.35. The molecular weight excluding hydrogens is 224 g/mol. The van der Waals surface area contributed by atoms with Crippen molar-refractivity contribution in [2.45, 2.75) is 0 Å². The van der Waals surface area contributed by atoms with E-state index in [0.717, 1.165) is 0 Å². The Hall–Kier alpha value is -2.37. The van der Waals surface area contributed by atoms with E-state index < -0.39 is 0 Å². The smallest absolute Gasteiger partial charge is 0.222 e. The van der Waals surface area contributed by atoms with Crippen molar-refractivity contribution in [3.63, 3.8) is 0 Å². The first-order valence-electron chi connectivity index (χ1n) is 4.83. The van der Waals surface area contributed by atoms with Crippen LogP contribution in [0.2, 0.25) is 0 Å². The molecule has 2 aromatic rings. The lowest BCUT2D eigenvalue weighted by Gasteiger charge is -2.10. The monoisotopic (exact) mass is 236 g/mol. The number of aromatic hydroxyl groups is 1. The van der Waals surface area contributed by atoms with Gasteiger partial charge in [0.05, 0.1) is 14.2 Å². The number of aromatic nitrogens is 1. The van der Waals surface area contributed by atoms with Crippen LogP contribution in [0.25, 0.3) is 11.3 Å². The van der Waals surface area contributed by atoms with Gasteiger partial charge in [-0.15, -0.1) is 0 Å². The number of nitrogens with zero attached hydrogens (tertiary/aromatic N) is 1. The van der Waals surface area contributed by atoms with Gasteiger partial charge in [0.1, 0.15) is 5.69 Å². The molecule has 6 heteroatoms. The zero-order chi connectivity index (χ0) is 12.4. The summed E-state index contributed by atoms with van der Waals surface area (Å²) in [6.07, 6.45) is 0. The van der Waals surface area contributed by atoms with E-state index in [9.17, 15) is 5.11 Å². The summed E-state index contributed by atoms with van der Waals surface area (Å²) in [5.74, 6) is 0.842. The lowest BCUT2D eigenvalue weighted by Crippen LogP contribution is -1.92. The minimum Gasteiger partial charge on any atom is -0.504 e. The van der Waals surface area contributed by atoms with E-state index >= 15 is 0 Å². The van der Waals surface area contributed by atoms with Crippen molar-refractivity contribution in [1.29, 1.82) is 0 Å². The summed E-state index contributed by atoms with van der Waals surface area (Å²) in [5, 5.41) is 13.5. The van der Waals surface area contributed by atoms with Crippen LogP contribution < -0.4 is 15.2 Å². The maximum atomic E-state index is 9.78. The van der Waals surface area contributed by atoms with Crippen molar-refractivity contribution >= 4 is 5.88 Å². The van der Waals surface area contributed by atoms with Gasteiger partial charge in [0.25, 0.3) is 0 Å². The molecule has 90 valence electrons. The molecule has 0 radical (unpaired) electrons. The fraction of sp³-hybridized carbons (Fsp3) is 0.182. The number of benzene rings is 1. The fourth-order valence-corrected chi connectivity index (χ4v) is 1.52. The van der Waals surface area contributed by atoms with Gasteiger partial charge in [-0.3, -0.25) is 0 Å². The standard InChI is InChI=1S/C11H12N2O4/c1-15-9-4-6(3-8(14)11(9)16-2)7-5-10(12)17-13-7/h3-5,14H,12H2,1-2H3. The predicted octanol–water partition coefficient (Wildman–Crippen LogP) is 1.65. The lowest BCUT2D eigenvalue weighted by atomic mass is 10.1. The third-order valence-electron chi connectivity index (χ3n) is 2.28. The van der Waals surface area contributed by atoms with E-state index in [1.807, 2.05) is 0 Å². The number of ether oxygens (including phenoxy) is 2. The third-order valence-corrected chi connectivity index (χ3v) is 2.28. The van der Waals surface area contributed by atoms with Crippen LogP contribution in [0.1, 0.15) is 0 Å². The van der Waals surface area contributed by atoms with Gasteiger partial charge in [-0.25, -0.2) is 0 Å². The van der Waals surface area contributed by atoms with Crippen molar-refractivity contribution < 1.29 is 19.1 Å². The number of phenolic OH excluding ortho intramolecular Hbond substituents is 1. The molecule has 0 saturated heterocycles. The summed E-state index contributed by atoms with van der Waals surface area (Å²) >= 11 is 0. The second kappa shape index (κ2) is 4.25. The molecule has 0 spiro atoms. The topological polar surface area (TPSA) is 90.7 Å². The molecule has 0 bridgehead atoms. The first-order chi connectivity index (χ1) is 8.15. The molecule has 1 aromatic carbocycles. The Morgan fingerprint density at radius 3 is 2.53 bits per heavy atom. The van der Waals surface area contributed by atoms with Gasteiger partial charge in [-0.05, 0) is 12.1 Å². The number of anilines is 1. The quantitative estimate of drug-likeness (QED) is 0.841. The molecule has 0 unspecified atom stereocenters. The zero-order valence-corrected chi connectivity index (χ0v) is 9.43. The average Bonchev–Trinajstić information content (AvgIpc) is 2.74. The van der Waals surface area contributed by atoms with Crippen molar-refractivity contribution in [2.75, 3.05) is 20.0 Å². The number of hydrogen-bond acceptors (Lipinski definition) is 6. The number of phenols is 1. The molecule has 0 fully saturated rings. The van der Waals surface area contributed by atoms with Crippen LogP contribution >= 0.6 is 0 Å². The predicted molar refractivity (Wildman–Crippen MR) is 61.1 cm³/mol. The SMILES string of the molecule is COc1cc(-c2cc(N)on2)cc(O)c1OC. The molecular formula is C11H12N2O4. The largest absolute Gasteiger partial charge is 0.504 e. The Morgan fingerprint density at radius 1 is 1.24 bits per heavy atom. The average molecular weight is 236 g/mol. The van der Waals surface area contributed by atoms with Crippen molar-refractivity contribution in [3.8, 4) is 28.5 Å². The number of methoxy groups -OCH3 is 2. The molecule has 1 heterocycles. The highest BCUT2D eigenvalue weighted by molar-refractivity contribution is 5.69. The normalized spacial score (nSPS) is 10.2. The number of nitrogen functional groups attached to an aromatic ring is 1. The Labute approximate surface area is 97.5 Å². The summed E-state index contributed by atoms with van der Waals surface area (Å²) in [5.41, 5.74) is 6.57. The first-order valence-corrected chi connectivity index (χ1v) is 4.83. The van der Waals surface area contributed by atoms with Gasteiger partial charge >= 0.3 is 0 Å². The third kappa shape index (κ3) is 1.96. The Morgan fingerprint density at radius 2 is 2.00 bits per heavy atom. The molecule has 0 amide bonds. The van der Waals surface area contributed by atoms with E-state index in [-0.39, 0.29) is 17.4 Å². The van der Waals surface area contributed by atoms with Crippen LogP contribution in [0.15, 0.2) is 22.7 Å². The van der Waals surface area contributed by atoms with E-state index in [2.05, 4.69) is 5.16 Å². The molecule has 0 aliphatic heterocycles. The van der Waals surface area contributed by atoms with Crippen LogP contribution in [0.5, 0.6) is 17.2 Å². The van der Waals surface area contributed by atoms with Crippen molar-refractivity contribution in [3.05, 3.63) is 18.2 Å². The Balaban J connectivity index is 2.53. The second-order valence-corrected chi connectivity index (χ2v) is 3.35. The van der Waals surface area contributed by atoms with Gasteiger partial charge in [-0.1, -0.05) is 5.16 Å². The maximum Gasteiger partial charge on any atom is 0.222 e. The molecule has 1 aromatic heterocycles. The summed E-state index contributed by atoms with van der Waals surface area (Å²) < 4.78 is 14.9. The minimum atomic E-state index is -0.0385.